The van der Waals surface area contributed by atoms with Gasteiger partial charge in [-0.2, -0.15) is 0 Å². The van der Waals surface area contributed by atoms with Gasteiger partial charge in [-0.25, -0.2) is 0 Å². The summed E-state index contributed by atoms with van der Waals surface area (Å²) < 4.78 is 6.02. The zero-order valence-electron chi connectivity index (χ0n) is 6.37. The summed E-state index contributed by atoms with van der Waals surface area (Å²) in [6, 6.07) is 1.94. The number of ether oxygens (including phenoxy) is 1. The zero-order chi connectivity index (χ0) is 8.55. The minimum absolute atomic E-state index is 0.631. The van der Waals surface area contributed by atoms with Crippen molar-refractivity contribution in [2.24, 2.45) is 0 Å². The Kier molecular flexibility index (Phi) is 1.90. The fourth-order valence-electron chi connectivity index (χ4n) is 1.01. The SMILES string of the molecule is COc1cnc2ccsc2c1Cl. The van der Waals surface area contributed by atoms with Crippen molar-refractivity contribution in [2.45, 2.75) is 0 Å². The fraction of sp³-hybridized carbons (Fsp3) is 0.125. The number of thiophene rings is 1. The summed E-state index contributed by atoms with van der Waals surface area (Å²) in [5.41, 5.74) is 0.922. The van der Waals surface area contributed by atoms with Gasteiger partial charge in [0.1, 0.15) is 5.02 Å². The van der Waals surface area contributed by atoms with Gasteiger partial charge in [0.05, 0.1) is 23.5 Å². The normalized spacial score (nSPS) is 10.5. The smallest absolute Gasteiger partial charge is 0.157 e. The van der Waals surface area contributed by atoms with Gasteiger partial charge in [-0.05, 0) is 11.4 Å². The van der Waals surface area contributed by atoms with Crippen LogP contribution in [0, 0.1) is 0 Å². The van der Waals surface area contributed by atoms with E-state index in [0.717, 1.165) is 10.2 Å². The molecule has 0 radical (unpaired) electrons. The van der Waals surface area contributed by atoms with Crippen LogP contribution in [0.2, 0.25) is 5.02 Å². The molecule has 0 spiro atoms. The third-order valence-electron chi connectivity index (χ3n) is 1.60. The number of hydrogen-bond donors (Lipinski definition) is 0. The van der Waals surface area contributed by atoms with Crippen LogP contribution in [0.5, 0.6) is 5.75 Å². The quantitative estimate of drug-likeness (QED) is 0.705. The van der Waals surface area contributed by atoms with Gasteiger partial charge in [0.2, 0.25) is 0 Å². The molecule has 0 atom stereocenters. The average molecular weight is 200 g/mol. The van der Waals surface area contributed by atoms with Crippen molar-refractivity contribution in [1.29, 1.82) is 0 Å². The molecule has 2 aromatic rings. The maximum absolute atomic E-state index is 6.03. The predicted molar refractivity (Wildman–Crippen MR) is 51.2 cm³/mol. The molecule has 2 aromatic heterocycles. The topological polar surface area (TPSA) is 22.1 Å². The Bertz CT molecular complexity index is 412. The molecular formula is C8H6ClNOS. The average Bonchev–Trinajstić information content (AvgIpc) is 2.53. The van der Waals surface area contributed by atoms with E-state index in [2.05, 4.69) is 4.98 Å². The second-order valence-electron chi connectivity index (χ2n) is 2.28. The number of methoxy groups -OCH3 is 1. The van der Waals surface area contributed by atoms with Crippen molar-refractivity contribution in [1.82, 2.24) is 4.98 Å². The van der Waals surface area contributed by atoms with Crippen LogP contribution in [0.3, 0.4) is 0 Å². The van der Waals surface area contributed by atoms with Crippen LogP contribution in [-0.2, 0) is 0 Å². The van der Waals surface area contributed by atoms with E-state index in [1.807, 2.05) is 11.4 Å². The fourth-order valence-corrected chi connectivity index (χ4v) is 2.14. The maximum atomic E-state index is 6.03. The lowest BCUT2D eigenvalue weighted by atomic mass is 10.4. The molecule has 4 heteroatoms. The third-order valence-corrected chi connectivity index (χ3v) is 3.01. The standard InChI is InChI=1S/C8H6ClNOS/c1-11-6-4-10-5-2-3-12-8(5)7(6)9/h2-4H,1H3. The number of hydrogen-bond acceptors (Lipinski definition) is 3. The number of rotatable bonds is 1. The van der Waals surface area contributed by atoms with E-state index in [4.69, 9.17) is 16.3 Å². The number of halogens is 1. The van der Waals surface area contributed by atoms with Gasteiger partial charge in [0, 0.05) is 0 Å². The van der Waals surface area contributed by atoms with Crippen LogP contribution in [-0.4, -0.2) is 12.1 Å². The van der Waals surface area contributed by atoms with Crippen LogP contribution in [0.25, 0.3) is 10.2 Å². The van der Waals surface area contributed by atoms with Gasteiger partial charge in [-0.3, -0.25) is 4.98 Å². The van der Waals surface area contributed by atoms with Gasteiger partial charge < -0.3 is 4.74 Å². The third kappa shape index (κ3) is 1.06. The van der Waals surface area contributed by atoms with Crippen molar-refractivity contribution in [3.63, 3.8) is 0 Å². The molecule has 62 valence electrons. The van der Waals surface area contributed by atoms with Crippen LogP contribution in [0.1, 0.15) is 0 Å². The first-order valence-corrected chi connectivity index (χ1v) is 4.64. The first kappa shape index (κ1) is 7.83. The molecule has 2 nitrogen and oxygen atoms in total. The molecule has 0 aromatic carbocycles. The van der Waals surface area contributed by atoms with Gasteiger partial charge in [0.25, 0.3) is 0 Å². The van der Waals surface area contributed by atoms with Gasteiger partial charge >= 0.3 is 0 Å². The Hall–Kier alpha value is -0.800. The lowest BCUT2D eigenvalue weighted by molar-refractivity contribution is 0.414. The molecule has 2 heterocycles. The molecule has 0 bridgehead atoms. The molecule has 0 aliphatic carbocycles. The minimum Gasteiger partial charge on any atom is -0.494 e. The van der Waals surface area contributed by atoms with Crippen LogP contribution >= 0.6 is 22.9 Å². The monoisotopic (exact) mass is 199 g/mol. The highest BCUT2D eigenvalue weighted by Crippen LogP contribution is 2.33. The van der Waals surface area contributed by atoms with Crippen molar-refractivity contribution >= 4 is 33.2 Å². The Labute approximate surface area is 78.8 Å². The van der Waals surface area contributed by atoms with Crippen LogP contribution < -0.4 is 4.74 Å². The van der Waals surface area contributed by atoms with E-state index in [0.29, 0.717) is 10.8 Å². The molecule has 0 saturated carbocycles. The second kappa shape index (κ2) is 2.92. The largest absolute Gasteiger partial charge is 0.494 e. The van der Waals surface area contributed by atoms with E-state index in [1.54, 1.807) is 24.6 Å². The summed E-state index contributed by atoms with van der Waals surface area (Å²) in [7, 11) is 1.59. The number of pyridine rings is 1. The van der Waals surface area contributed by atoms with E-state index >= 15 is 0 Å². The van der Waals surface area contributed by atoms with E-state index < -0.39 is 0 Å². The minimum atomic E-state index is 0.631. The molecule has 0 N–H and O–H groups in total. The predicted octanol–water partition coefficient (Wildman–Crippen LogP) is 2.96. The molecular weight excluding hydrogens is 194 g/mol. The molecule has 0 saturated heterocycles. The first-order valence-electron chi connectivity index (χ1n) is 3.38. The summed E-state index contributed by atoms with van der Waals surface area (Å²) in [5, 5.41) is 2.61. The van der Waals surface area contributed by atoms with Crippen molar-refractivity contribution in [3.05, 3.63) is 22.7 Å². The number of fused-ring (bicyclic) bond motifs is 1. The molecule has 0 aliphatic rings. The second-order valence-corrected chi connectivity index (χ2v) is 3.57. The molecule has 0 amide bonds. The summed E-state index contributed by atoms with van der Waals surface area (Å²) in [6.45, 7) is 0. The number of nitrogens with zero attached hydrogens (tertiary/aromatic N) is 1. The van der Waals surface area contributed by atoms with Crippen molar-refractivity contribution in [3.8, 4) is 5.75 Å². The van der Waals surface area contributed by atoms with E-state index in [-0.39, 0.29) is 0 Å². The molecule has 0 fully saturated rings. The maximum Gasteiger partial charge on any atom is 0.157 e. The Morgan fingerprint density at radius 2 is 2.42 bits per heavy atom. The highest BCUT2D eigenvalue weighted by atomic mass is 35.5. The summed E-state index contributed by atoms with van der Waals surface area (Å²) in [4.78, 5) is 4.17. The van der Waals surface area contributed by atoms with Crippen molar-refractivity contribution < 1.29 is 4.74 Å². The summed E-state index contributed by atoms with van der Waals surface area (Å²) in [6.07, 6.45) is 1.64. The lowest BCUT2D eigenvalue weighted by Crippen LogP contribution is -1.85. The van der Waals surface area contributed by atoms with Gasteiger partial charge in [-0.1, -0.05) is 11.6 Å². The highest BCUT2D eigenvalue weighted by molar-refractivity contribution is 7.17. The van der Waals surface area contributed by atoms with Crippen LogP contribution in [0.4, 0.5) is 0 Å². The van der Waals surface area contributed by atoms with E-state index in [1.165, 1.54) is 0 Å². The summed E-state index contributed by atoms with van der Waals surface area (Å²) in [5.74, 6) is 0.631. The lowest BCUT2D eigenvalue weighted by Gasteiger charge is -2.01. The van der Waals surface area contributed by atoms with Gasteiger partial charge in [0.15, 0.2) is 5.75 Å². The molecule has 12 heavy (non-hydrogen) atoms. The Morgan fingerprint density at radius 3 is 3.17 bits per heavy atom. The zero-order valence-corrected chi connectivity index (χ0v) is 7.95. The highest BCUT2D eigenvalue weighted by Gasteiger charge is 2.06. The molecule has 2 rings (SSSR count). The molecule has 0 unspecified atom stereocenters. The first-order chi connectivity index (χ1) is 5.83. The Balaban J connectivity index is 2.78. The van der Waals surface area contributed by atoms with E-state index in [9.17, 15) is 0 Å². The van der Waals surface area contributed by atoms with Crippen molar-refractivity contribution in [2.75, 3.05) is 7.11 Å². The van der Waals surface area contributed by atoms with Gasteiger partial charge in [-0.15, -0.1) is 11.3 Å². The van der Waals surface area contributed by atoms with Crippen LogP contribution in [0.15, 0.2) is 17.6 Å². The number of aromatic nitrogens is 1. The Morgan fingerprint density at radius 1 is 1.58 bits per heavy atom. The molecule has 0 aliphatic heterocycles. The summed E-state index contributed by atoms with van der Waals surface area (Å²) >= 11 is 7.60.